The van der Waals surface area contributed by atoms with Crippen molar-refractivity contribution in [1.82, 2.24) is 4.90 Å². The summed E-state index contributed by atoms with van der Waals surface area (Å²) in [5.74, 6) is 0.548. The molecule has 0 aliphatic heterocycles. The van der Waals surface area contributed by atoms with Gasteiger partial charge in [-0.3, -0.25) is 5.41 Å². The third-order valence-corrected chi connectivity index (χ3v) is 3.21. The standard InChI is InChI=1S/C17H32N2O/c1-7-9-10-16(8-2)13-20-17(18)19(11-14(3)4)12-15(5)6/h16,18H,3,5,7-13H2,1-2,4,6H3. The largest absolute Gasteiger partial charge is 0.465 e. The summed E-state index contributed by atoms with van der Waals surface area (Å²) in [7, 11) is 0. The second kappa shape index (κ2) is 10.5. The lowest BCUT2D eigenvalue weighted by atomic mass is 10.0. The Bertz CT molecular complexity index is 307. The van der Waals surface area contributed by atoms with Crippen LogP contribution in [0.2, 0.25) is 0 Å². The van der Waals surface area contributed by atoms with Gasteiger partial charge in [-0.1, -0.05) is 57.4 Å². The molecule has 0 spiro atoms. The summed E-state index contributed by atoms with van der Waals surface area (Å²) in [6.07, 6.45) is 4.73. The predicted octanol–water partition coefficient (Wildman–Crippen LogP) is 4.61. The molecule has 0 saturated carbocycles. The Balaban J connectivity index is 4.35. The topological polar surface area (TPSA) is 36.3 Å². The summed E-state index contributed by atoms with van der Waals surface area (Å²) < 4.78 is 5.68. The van der Waals surface area contributed by atoms with Crippen LogP contribution in [0, 0.1) is 11.3 Å². The molecule has 0 saturated heterocycles. The number of amidine groups is 1. The normalized spacial score (nSPS) is 11.8. The van der Waals surface area contributed by atoms with E-state index < -0.39 is 0 Å². The number of hydrogen-bond acceptors (Lipinski definition) is 2. The first-order valence-electron chi connectivity index (χ1n) is 7.65. The van der Waals surface area contributed by atoms with Crippen LogP contribution in [0.25, 0.3) is 0 Å². The molecular formula is C17H32N2O. The molecule has 0 aliphatic carbocycles. The van der Waals surface area contributed by atoms with Crippen LogP contribution in [0.5, 0.6) is 0 Å². The van der Waals surface area contributed by atoms with Crippen LogP contribution < -0.4 is 0 Å². The number of unbranched alkanes of at least 4 members (excludes halogenated alkanes) is 1. The van der Waals surface area contributed by atoms with Crippen molar-refractivity contribution in [3.8, 4) is 0 Å². The predicted molar refractivity (Wildman–Crippen MR) is 88.2 cm³/mol. The number of ether oxygens (including phenoxy) is 1. The van der Waals surface area contributed by atoms with Crippen molar-refractivity contribution in [2.75, 3.05) is 19.7 Å². The van der Waals surface area contributed by atoms with E-state index in [1.165, 1.54) is 19.3 Å². The highest BCUT2D eigenvalue weighted by Gasteiger charge is 2.14. The van der Waals surface area contributed by atoms with Crippen LogP contribution >= 0.6 is 0 Å². The van der Waals surface area contributed by atoms with Gasteiger partial charge in [0.1, 0.15) is 0 Å². The zero-order valence-electron chi connectivity index (χ0n) is 13.8. The van der Waals surface area contributed by atoms with Gasteiger partial charge in [0.05, 0.1) is 6.61 Å². The highest BCUT2D eigenvalue weighted by atomic mass is 16.5. The summed E-state index contributed by atoms with van der Waals surface area (Å²) in [6, 6.07) is 0.242. The van der Waals surface area contributed by atoms with Crippen molar-refractivity contribution in [1.29, 1.82) is 5.41 Å². The number of nitrogens with one attached hydrogen (secondary N) is 1. The van der Waals surface area contributed by atoms with Crippen molar-refractivity contribution in [3.63, 3.8) is 0 Å². The minimum atomic E-state index is 0.242. The Labute approximate surface area is 125 Å². The fraction of sp³-hybridized carbons (Fsp3) is 0.706. The minimum Gasteiger partial charge on any atom is -0.465 e. The van der Waals surface area contributed by atoms with E-state index in [1.807, 2.05) is 18.7 Å². The molecule has 20 heavy (non-hydrogen) atoms. The molecule has 0 aromatic carbocycles. The van der Waals surface area contributed by atoms with E-state index in [4.69, 9.17) is 10.1 Å². The van der Waals surface area contributed by atoms with Crippen LogP contribution in [-0.2, 0) is 4.74 Å². The van der Waals surface area contributed by atoms with E-state index in [-0.39, 0.29) is 6.02 Å². The van der Waals surface area contributed by atoms with Gasteiger partial charge in [-0.25, -0.2) is 0 Å². The third kappa shape index (κ3) is 8.78. The molecule has 0 heterocycles. The molecular weight excluding hydrogens is 248 g/mol. The molecule has 0 fully saturated rings. The van der Waals surface area contributed by atoms with Gasteiger partial charge in [-0.05, 0) is 26.2 Å². The average Bonchev–Trinajstić information content (AvgIpc) is 2.36. The summed E-state index contributed by atoms with van der Waals surface area (Å²) in [5.41, 5.74) is 2.05. The molecule has 1 unspecified atom stereocenters. The molecule has 0 aromatic heterocycles. The van der Waals surface area contributed by atoms with Crippen molar-refractivity contribution in [2.45, 2.75) is 53.4 Å². The minimum absolute atomic E-state index is 0.242. The zero-order chi connectivity index (χ0) is 15.5. The molecule has 0 aliphatic rings. The molecule has 0 aromatic rings. The Morgan fingerprint density at radius 3 is 2.10 bits per heavy atom. The van der Waals surface area contributed by atoms with Crippen molar-refractivity contribution >= 4 is 6.02 Å². The molecule has 0 radical (unpaired) electrons. The lowest BCUT2D eigenvalue weighted by Gasteiger charge is -2.26. The van der Waals surface area contributed by atoms with E-state index in [0.29, 0.717) is 25.6 Å². The van der Waals surface area contributed by atoms with Crippen LogP contribution in [0.1, 0.15) is 53.4 Å². The number of nitrogens with zero attached hydrogens (tertiary/aromatic N) is 1. The lowest BCUT2D eigenvalue weighted by Crippen LogP contribution is -2.35. The molecule has 0 rings (SSSR count). The van der Waals surface area contributed by atoms with E-state index in [9.17, 15) is 0 Å². The molecule has 0 bridgehead atoms. The summed E-state index contributed by atoms with van der Waals surface area (Å²) in [5, 5.41) is 8.10. The molecule has 1 atom stereocenters. The lowest BCUT2D eigenvalue weighted by molar-refractivity contribution is 0.184. The maximum absolute atomic E-state index is 8.10. The second-order valence-electron chi connectivity index (χ2n) is 5.80. The highest BCUT2D eigenvalue weighted by Crippen LogP contribution is 2.13. The van der Waals surface area contributed by atoms with E-state index in [1.54, 1.807) is 0 Å². The third-order valence-electron chi connectivity index (χ3n) is 3.21. The van der Waals surface area contributed by atoms with Gasteiger partial charge in [0.25, 0.3) is 6.02 Å². The van der Waals surface area contributed by atoms with Crippen molar-refractivity contribution < 1.29 is 4.74 Å². The van der Waals surface area contributed by atoms with E-state index >= 15 is 0 Å². The summed E-state index contributed by atoms with van der Waals surface area (Å²) in [4.78, 5) is 1.89. The molecule has 3 nitrogen and oxygen atoms in total. The highest BCUT2D eigenvalue weighted by molar-refractivity contribution is 5.71. The molecule has 116 valence electrons. The summed E-state index contributed by atoms with van der Waals surface area (Å²) >= 11 is 0. The van der Waals surface area contributed by atoms with Crippen LogP contribution in [-0.4, -0.2) is 30.6 Å². The fourth-order valence-electron chi connectivity index (χ4n) is 2.04. The first kappa shape index (κ1) is 18.8. The van der Waals surface area contributed by atoms with Gasteiger partial charge in [-0.15, -0.1) is 0 Å². The Morgan fingerprint density at radius 2 is 1.70 bits per heavy atom. The van der Waals surface area contributed by atoms with Crippen LogP contribution in [0.4, 0.5) is 0 Å². The van der Waals surface area contributed by atoms with Gasteiger partial charge in [0.2, 0.25) is 0 Å². The van der Waals surface area contributed by atoms with Gasteiger partial charge in [0, 0.05) is 13.1 Å². The van der Waals surface area contributed by atoms with E-state index in [0.717, 1.165) is 17.6 Å². The fourth-order valence-corrected chi connectivity index (χ4v) is 2.04. The van der Waals surface area contributed by atoms with Gasteiger partial charge in [0.15, 0.2) is 0 Å². The number of hydrogen-bond donors (Lipinski definition) is 1. The van der Waals surface area contributed by atoms with E-state index in [2.05, 4.69) is 27.0 Å². The maximum atomic E-state index is 8.10. The first-order valence-corrected chi connectivity index (χ1v) is 7.65. The molecule has 1 N–H and O–H groups in total. The molecule has 0 amide bonds. The summed E-state index contributed by atoms with van der Waals surface area (Å²) in [6.45, 7) is 18.1. The van der Waals surface area contributed by atoms with Gasteiger partial charge >= 0.3 is 0 Å². The smallest absolute Gasteiger partial charge is 0.284 e. The van der Waals surface area contributed by atoms with Crippen molar-refractivity contribution in [2.24, 2.45) is 5.92 Å². The quantitative estimate of drug-likeness (QED) is 0.360. The first-order chi connectivity index (χ1) is 9.40. The Hall–Kier alpha value is -1.25. The SMILES string of the molecule is C=C(C)CN(CC(=C)C)C(=N)OCC(CC)CCCC. The van der Waals surface area contributed by atoms with Gasteiger partial charge in [-0.2, -0.15) is 0 Å². The monoisotopic (exact) mass is 280 g/mol. The maximum Gasteiger partial charge on any atom is 0.284 e. The average molecular weight is 280 g/mol. The van der Waals surface area contributed by atoms with Crippen LogP contribution in [0.3, 0.4) is 0 Å². The number of rotatable bonds is 10. The van der Waals surface area contributed by atoms with Crippen molar-refractivity contribution in [3.05, 3.63) is 24.3 Å². The Kier molecular flexibility index (Phi) is 9.87. The molecule has 3 heteroatoms. The van der Waals surface area contributed by atoms with Gasteiger partial charge < -0.3 is 9.64 Å². The second-order valence-corrected chi connectivity index (χ2v) is 5.80. The Morgan fingerprint density at radius 1 is 1.15 bits per heavy atom. The van der Waals surface area contributed by atoms with Crippen LogP contribution in [0.15, 0.2) is 24.3 Å². The zero-order valence-corrected chi connectivity index (χ0v) is 13.8.